The lowest BCUT2D eigenvalue weighted by atomic mass is 10.6. The number of hydrogen-bond acceptors (Lipinski definition) is 2. The summed E-state index contributed by atoms with van der Waals surface area (Å²) in [7, 11) is -3.00. The van der Waals surface area contributed by atoms with Gasteiger partial charge in [-0.2, -0.15) is 0 Å². The van der Waals surface area contributed by atoms with Crippen molar-refractivity contribution in [1.29, 1.82) is 0 Å². The summed E-state index contributed by atoms with van der Waals surface area (Å²) in [4.78, 5) is 0. The molecule has 3 nitrogen and oxygen atoms in total. The van der Waals surface area contributed by atoms with Crippen molar-refractivity contribution < 1.29 is 8.42 Å². The largest absolute Gasteiger partial charge is 0.242 e. The van der Waals surface area contributed by atoms with Crippen LogP contribution in [-0.2, 0) is 9.84 Å². The van der Waals surface area contributed by atoms with E-state index in [2.05, 4.69) is 0 Å². The molecule has 0 saturated heterocycles. The van der Waals surface area contributed by atoms with Crippen LogP contribution in [0.2, 0.25) is 0 Å². The van der Waals surface area contributed by atoms with Crippen molar-refractivity contribution in [3.8, 4) is 0 Å². The first-order valence-electron chi connectivity index (χ1n) is 2.47. The summed E-state index contributed by atoms with van der Waals surface area (Å²) in [6.07, 6.45) is 0.612. The molecule has 0 aromatic rings. The van der Waals surface area contributed by atoms with Gasteiger partial charge < -0.3 is 0 Å². The molecule has 1 N–H and O–H groups in total. The Morgan fingerprint density at radius 1 is 1.50 bits per heavy atom. The molecular formula is C4H10NO2S. The first kappa shape index (κ1) is 7.91. The van der Waals surface area contributed by atoms with E-state index in [-0.39, 0.29) is 5.75 Å². The third kappa shape index (κ3) is 2.98. The molecule has 0 aliphatic rings. The SMILES string of the molecule is CCCS(=O)(=O)C[NH]. The van der Waals surface area contributed by atoms with Crippen LogP contribution in [0.4, 0.5) is 0 Å². The van der Waals surface area contributed by atoms with E-state index < -0.39 is 15.7 Å². The second kappa shape index (κ2) is 3.04. The highest BCUT2D eigenvalue weighted by atomic mass is 32.2. The van der Waals surface area contributed by atoms with Gasteiger partial charge in [0.2, 0.25) is 0 Å². The highest BCUT2D eigenvalue weighted by molar-refractivity contribution is 7.91. The Balaban J connectivity index is 3.76. The van der Waals surface area contributed by atoms with Crippen molar-refractivity contribution in [1.82, 2.24) is 5.73 Å². The molecule has 0 bridgehead atoms. The summed E-state index contributed by atoms with van der Waals surface area (Å²) in [6, 6.07) is 0. The van der Waals surface area contributed by atoms with Crippen molar-refractivity contribution in [2.45, 2.75) is 13.3 Å². The molecule has 0 unspecified atom stereocenters. The average Bonchev–Trinajstić information content (AvgIpc) is 1.67. The van der Waals surface area contributed by atoms with Crippen molar-refractivity contribution >= 4 is 9.84 Å². The summed E-state index contributed by atoms with van der Waals surface area (Å²) in [5, 5.41) is 0. The van der Waals surface area contributed by atoms with Gasteiger partial charge in [-0.3, -0.25) is 0 Å². The minimum atomic E-state index is -3.00. The van der Waals surface area contributed by atoms with E-state index in [0.29, 0.717) is 6.42 Å². The fraction of sp³-hybridized carbons (Fsp3) is 1.00. The number of sulfone groups is 1. The molecule has 4 heteroatoms. The van der Waals surface area contributed by atoms with E-state index in [9.17, 15) is 8.42 Å². The predicted molar refractivity (Wildman–Crippen MR) is 32.0 cm³/mol. The van der Waals surface area contributed by atoms with Gasteiger partial charge >= 0.3 is 0 Å². The Morgan fingerprint density at radius 3 is 2.12 bits per heavy atom. The van der Waals surface area contributed by atoms with Gasteiger partial charge in [-0.1, -0.05) is 6.92 Å². The van der Waals surface area contributed by atoms with E-state index in [0.717, 1.165) is 0 Å². The van der Waals surface area contributed by atoms with Crippen LogP contribution in [-0.4, -0.2) is 20.0 Å². The first-order valence-corrected chi connectivity index (χ1v) is 4.29. The Kier molecular flexibility index (Phi) is 3.01. The molecule has 0 aliphatic carbocycles. The minimum absolute atomic E-state index is 0.149. The molecule has 0 fully saturated rings. The van der Waals surface area contributed by atoms with E-state index in [1.807, 2.05) is 0 Å². The van der Waals surface area contributed by atoms with Crippen molar-refractivity contribution in [3.63, 3.8) is 0 Å². The van der Waals surface area contributed by atoms with Crippen LogP contribution in [0.5, 0.6) is 0 Å². The molecular weight excluding hydrogens is 126 g/mol. The fourth-order valence-electron chi connectivity index (χ4n) is 0.383. The van der Waals surface area contributed by atoms with E-state index in [1.54, 1.807) is 6.92 Å². The molecule has 0 spiro atoms. The Hall–Kier alpha value is -0.0900. The molecule has 1 radical (unpaired) electrons. The quantitative estimate of drug-likeness (QED) is 0.550. The fourth-order valence-corrected chi connectivity index (χ4v) is 1.15. The van der Waals surface area contributed by atoms with Crippen LogP contribution in [0.1, 0.15) is 13.3 Å². The number of nitrogens with one attached hydrogen (secondary N) is 1. The molecule has 0 saturated carbocycles. The van der Waals surface area contributed by atoms with Gasteiger partial charge in [0.05, 0.1) is 5.75 Å². The highest BCUT2D eigenvalue weighted by Gasteiger charge is 2.03. The monoisotopic (exact) mass is 136 g/mol. The standard InChI is InChI=1S/C4H10NO2S/c1-2-3-8(6,7)4-5/h5H,2-4H2,1H3. The molecule has 0 atom stereocenters. The molecule has 0 heterocycles. The molecule has 0 aromatic heterocycles. The second-order valence-electron chi connectivity index (χ2n) is 1.59. The Labute approximate surface area is 49.8 Å². The molecule has 0 rings (SSSR count). The predicted octanol–water partition coefficient (Wildman–Crippen LogP) is 0.0516. The van der Waals surface area contributed by atoms with Crippen LogP contribution >= 0.6 is 0 Å². The lowest BCUT2D eigenvalue weighted by Crippen LogP contribution is -2.10. The normalized spacial score (nSPS) is 11.8. The van der Waals surface area contributed by atoms with Crippen LogP contribution in [0, 0.1) is 0 Å². The topological polar surface area (TPSA) is 57.9 Å². The third-order valence-electron chi connectivity index (χ3n) is 0.735. The van der Waals surface area contributed by atoms with Gasteiger partial charge in [0, 0.05) is 0 Å². The maximum atomic E-state index is 10.4. The zero-order chi connectivity index (χ0) is 6.62. The first-order chi connectivity index (χ1) is 3.62. The van der Waals surface area contributed by atoms with Crippen molar-refractivity contribution in [3.05, 3.63) is 0 Å². The summed E-state index contributed by atoms with van der Waals surface area (Å²) < 4.78 is 20.8. The average molecular weight is 136 g/mol. The maximum Gasteiger partial charge on any atom is 0.164 e. The van der Waals surface area contributed by atoms with Gasteiger partial charge in [-0.05, 0) is 6.42 Å². The van der Waals surface area contributed by atoms with E-state index in [4.69, 9.17) is 5.73 Å². The molecule has 0 amide bonds. The molecule has 49 valence electrons. The van der Waals surface area contributed by atoms with Gasteiger partial charge in [-0.15, -0.1) is 0 Å². The lowest BCUT2D eigenvalue weighted by Gasteiger charge is -1.93. The van der Waals surface area contributed by atoms with Crippen LogP contribution in [0.25, 0.3) is 0 Å². The van der Waals surface area contributed by atoms with Crippen LogP contribution in [0.3, 0.4) is 0 Å². The zero-order valence-corrected chi connectivity index (χ0v) is 5.66. The highest BCUT2D eigenvalue weighted by Crippen LogP contribution is 1.88. The van der Waals surface area contributed by atoms with E-state index in [1.165, 1.54) is 0 Å². The summed E-state index contributed by atoms with van der Waals surface area (Å²) in [6.45, 7) is 1.78. The summed E-state index contributed by atoms with van der Waals surface area (Å²) in [5.41, 5.74) is 6.52. The third-order valence-corrected chi connectivity index (χ3v) is 2.21. The van der Waals surface area contributed by atoms with E-state index >= 15 is 0 Å². The molecule has 0 aliphatic heterocycles. The van der Waals surface area contributed by atoms with Gasteiger partial charge in [0.25, 0.3) is 0 Å². The Bertz CT molecular complexity index is 138. The molecule has 8 heavy (non-hydrogen) atoms. The van der Waals surface area contributed by atoms with Crippen molar-refractivity contribution in [2.24, 2.45) is 0 Å². The second-order valence-corrected chi connectivity index (χ2v) is 3.78. The van der Waals surface area contributed by atoms with Crippen molar-refractivity contribution in [2.75, 3.05) is 11.6 Å². The minimum Gasteiger partial charge on any atom is -0.242 e. The zero-order valence-electron chi connectivity index (χ0n) is 4.85. The van der Waals surface area contributed by atoms with Crippen LogP contribution < -0.4 is 5.73 Å². The smallest absolute Gasteiger partial charge is 0.164 e. The summed E-state index contributed by atoms with van der Waals surface area (Å²) in [5.74, 6) is -0.322. The number of rotatable bonds is 3. The van der Waals surface area contributed by atoms with Crippen LogP contribution in [0.15, 0.2) is 0 Å². The molecule has 0 aromatic carbocycles. The van der Waals surface area contributed by atoms with Gasteiger partial charge in [0.15, 0.2) is 9.84 Å². The summed E-state index contributed by atoms with van der Waals surface area (Å²) >= 11 is 0. The Morgan fingerprint density at radius 2 is 2.00 bits per heavy atom. The number of hydrogen-bond donors (Lipinski definition) is 0. The van der Waals surface area contributed by atoms with Gasteiger partial charge in [-0.25, -0.2) is 14.2 Å². The van der Waals surface area contributed by atoms with Gasteiger partial charge in [0.1, 0.15) is 5.88 Å². The lowest BCUT2D eigenvalue weighted by molar-refractivity contribution is 0.594. The maximum absolute atomic E-state index is 10.4.